The van der Waals surface area contributed by atoms with Crippen LogP contribution < -0.4 is 10.2 Å². The monoisotopic (exact) mass is 323 g/mol. The maximum atomic E-state index is 14.8. The summed E-state index contributed by atoms with van der Waals surface area (Å²) < 4.78 is 14.8. The van der Waals surface area contributed by atoms with Crippen LogP contribution in [0.25, 0.3) is 11.0 Å². The third kappa shape index (κ3) is 1.83. The Balaban J connectivity index is 1.72. The van der Waals surface area contributed by atoms with Gasteiger partial charge < -0.3 is 15.2 Å². The van der Waals surface area contributed by atoms with E-state index in [4.69, 9.17) is 0 Å². The number of aromatic amines is 1. The van der Waals surface area contributed by atoms with Crippen molar-refractivity contribution in [2.24, 2.45) is 0 Å². The lowest BCUT2D eigenvalue weighted by molar-refractivity contribution is 0.320. The standard InChI is InChI=1S/C18H18FN5/c19-13-2-1-3-14-15(13)18(5-8-20-9-6-18)10-24(14)17-12-4-7-21-16(12)22-11-23-17/h1-4,7,11,20H,5-6,8-10H2,(H,21,22,23). The van der Waals surface area contributed by atoms with Crippen LogP contribution in [0, 0.1) is 5.82 Å². The van der Waals surface area contributed by atoms with Gasteiger partial charge in [-0.15, -0.1) is 0 Å². The predicted octanol–water partition coefficient (Wildman–Crippen LogP) is 2.87. The highest BCUT2D eigenvalue weighted by atomic mass is 19.1. The van der Waals surface area contributed by atoms with Crippen molar-refractivity contribution in [1.82, 2.24) is 20.3 Å². The number of nitrogens with one attached hydrogen (secondary N) is 2. The Bertz CT molecular complexity index is 913. The van der Waals surface area contributed by atoms with Crippen molar-refractivity contribution in [3.63, 3.8) is 0 Å². The number of benzene rings is 1. The number of fused-ring (bicyclic) bond motifs is 3. The number of halogens is 1. The topological polar surface area (TPSA) is 56.8 Å². The minimum absolute atomic E-state index is 0.101. The van der Waals surface area contributed by atoms with Crippen molar-refractivity contribution >= 4 is 22.5 Å². The van der Waals surface area contributed by atoms with Gasteiger partial charge in [-0.25, -0.2) is 14.4 Å². The summed E-state index contributed by atoms with van der Waals surface area (Å²) in [5.41, 5.74) is 2.47. The number of nitrogens with zero attached hydrogens (tertiary/aromatic N) is 3. The molecular formula is C18H18FN5. The molecule has 6 heteroatoms. The molecule has 5 nitrogen and oxygen atoms in total. The van der Waals surface area contributed by atoms with E-state index < -0.39 is 0 Å². The molecule has 1 aromatic carbocycles. The second-order valence-electron chi connectivity index (χ2n) is 6.69. The summed E-state index contributed by atoms with van der Waals surface area (Å²) in [6.45, 7) is 2.61. The maximum absolute atomic E-state index is 14.8. The van der Waals surface area contributed by atoms with E-state index in [1.54, 1.807) is 18.5 Å². The Hall–Kier alpha value is -2.47. The predicted molar refractivity (Wildman–Crippen MR) is 91.1 cm³/mol. The van der Waals surface area contributed by atoms with Gasteiger partial charge in [0.15, 0.2) is 0 Å². The lowest BCUT2D eigenvalue weighted by Gasteiger charge is -2.34. The molecule has 0 atom stereocenters. The normalized spacial score (nSPS) is 19.1. The van der Waals surface area contributed by atoms with E-state index in [-0.39, 0.29) is 11.2 Å². The van der Waals surface area contributed by atoms with Gasteiger partial charge in [0, 0.05) is 29.4 Å². The fourth-order valence-corrected chi connectivity index (χ4v) is 4.31. The molecule has 24 heavy (non-hydrogen) atoms. The zero-order valence-corrected chi connectivity index (χ0v) is 13.2. The Morgan fingerprint density at radius 3 is 2.88 bits per heavy atom. The summed E-state index contributed by atoms with van der Waals surface area (Å²) in [7, 11) is 0. The molecule has 0 saturated carbocycles. The molecule has 0 aliphatic carbocycles. The highest BCUT2D eigenvalue weighted by molar-refractivity contribution is 5.91. The molecule has 4 heterocycles. The van der Waals surface area contributed by atoms with Gasteiger partial charge in [0.1, 0.15) is 23.6 Å². The van der Waals surface area contributed by atoms with Gasteiger partial charge in [0.25, 0.3) is 0 Å². The molecule has 0 amide bonds. The van der Waals surface area contributed by atoms with E-state index in [1.165, 1.54) is 0 Å². The lowest BCUT2D eigenvalue weighted by atomic mass is 9.74. The summed E-state index contributed by atoms with van der Waals surface area (Å²) in [4.78, 5) is 14.1. The quantitative estimate of drug-likeness (QED) is 0.723. The summed E-state index contributed by atoms with van der Waals surface area (Å²) in [6.07, 6.45) is 5.32. The Morgan fingerprint density at radius 1 is 1.12 bits per heavy atom. The number of rotatable bonds is 1. The molecule has 2 N–H and O–H groups in total. The summed E-state index contributed by atoms with van der Waals surface area (Å²) in [6, 6.07) is 7.36. The van der Waals surface area contributed by atoms with Gasteiger partial charge in [-0.2, -0.15) is 0 Å². The Labute approximate surface area is 138 Å². The van der Waals surface area contributed by atoms with Crippen molar-refractivity contribution in [1.29, 1.82) is 0 Å². The molecule has 0 radical (unpaired) electrons. The fraction of sp³-hybridized carbons (Fsp3) is 0.333. The summed E-state index contributed by atoms with van der Waals surface area (Å²) >= 11 is 0. The Kier molecular flexibility index (Phi) is 2.91. The first kappa shape index (κ1) is 13.9. The number of piperidine rings is 1. The van der Waals surface area contributed by atoms with Crippen LogP contribution in [-0.4, -0.2) is 34.6 Å². The minimum Gasteiger partial charge on any atom is -0.346 e. The van der Waals surface area contributed by atoms with Gasteiger partial charge in [-0.1, -0.05) is 6.07 Å². The van der Waals surface area contributed by atoms with Crippen LogP contribution in [0.5, 0.6) is 0 Å². The molecule has 5 rings (SSSR count). The van der Waals surface area contributed by atoms with Crippen LogP contribution >= 0.6 is 0 Å². The highest BCUT2D eigenvalue weighted by Crippen LogP contribution is 2.50. The molecule has 2 aliphatic heterocycles. The third-order valence-electron chi connectivity index (χ3n) is 5.42. The van der Waals surface area contributed by atoms with Crippen LogP contribution in [-0.2, 0) is 5.41 Å². The molecule has 2 aromatic heterocycles. The van der Waals surface area contributed by atoms with Gasteiger partial charge in [-0.05, 0) is 44.1 Å². The Morgan fingerprint density at radius 2 is 2.00 bits per heavy atom. The average Bonchev–Trinajstić information content (AvgIpc) is 3.20. The lowest BCUT2D eigenvalue weighted by Crippen LogP contribution is -2.42. The first-order valence-corrected chi connectivity index (χ1v) is 8.34. The van der Waals surface area contributed by atoms with Crippen LogP contribution in [0.15, 0.2) is 36.8 Å². The van der Waals surface area contributed by atoms with Crippen molar-refractivity contribution < 1.29 is 4.39 Å². The van der Waals surface area contributed by atoms with Crippen molar-refractivity contribution in [3.05, 3.63) is 48.2 Å². The van der Waals surface area contributed by atoms with Gasteiger partial charge >= 0.3 is 0 Å². The SMILES string of the molecule is Fc1cccc2c1C1(CCNCC1)CN2c1ncnc2[nH]ccc12. The van der Waals surface area contributed by atoms with E-state index in [9.17, 15) is 4.39 Å². The number of aromatic nitrogens is 3. The third-order valence-corrected chi connectivity index (χ3v) is 5.42. The molecule has 1 spiro atoms. The first-order valence-electron chi connectivity index (χ1n) is 8.34. The molecule has 1 saturated heterocycles. The number of anilines is 2. The number of H-pyrrole nitrogens is 1. The molecule has 0 unspecified atom stereocenters. The minimum atomic E-state index is -0.139. The summed E-state index contributed by atoms with van der Waals surface area (Å²) in [5, 5.41) is 4.37. The molecule has 3 aromatic rings. The van der Waals surface area contributed by atoms with Gasteiger partial charge in [0.05, 0.1) is 5.39 Å². The highest BCUT2D eigenvalue weighted by Gasteiger charge is 2.46. The number of hydrogen-bond donors (Lipinski definition) is 2. The maximum Gasteiger partial charge on any atom is 0.145 e. The first-order chi connectivity index (χ1) is 11.8. The van der Waals surface area contributed by atoms with Crippen LogP contribution in [0.1, 0.15) is 18.4 Å². The van der Waals surface area contributed by atoms with Gasteiger partial charge in [-0.3, -0.25) is 0 Å². The van der Waals surface area contributed by atoms with Gasteiger partial charge in [0.2, 0.25) is 0 Å². The summed E-state index contributed by atoms with van der Waals surface area (Å²) in [5.74, 6) is 0.750. The van der Waals surface area contributed by atoms with Crippen LogP contribution in [0.4, 0.5) is 15.9 Å². The second-order valence-corrected chi connectivity index (χ2v) is 6.69. The van der Waals surface area contributed by atoms with E-state index in [1.807, 2.05) is 18.3 Å². The van der Waals surface area contributed by atoms with E-state index in [0.717, 1.165) is 60.6 Å². The fourth-order valence-electron chi connectivity index (χ4n) is 4.31. The zero-order valence-electron chi connectivity index (χ0n) is 13.2. The van der Waals surface area contributed by atoms with Crippen molar-refractivity contribution in [2.45, 2.75) is 18.3 Å². The molecule has 1 fully saturated rings. The van der Waals surface area contributed by atoms with Crippen LogP contribution in [0.2, 0.25) is 0 Å². The van der Waals surface area contributed by atoms with Crippen molar-refractivity contribution in [2.75, 3.05) is 24.5 Å². The van der Waals surface area contributed by atoms with Crippen molar-refractivity contribution in [3.8, 4) is 0 Å². The smallest absolute Gasteiger partial charge is 0.145 e. The van der Waals surface area contributed by atoms with E-state index in [2.05, 4.69) is 25.2 Å². The molecule has 2 aliphatic rings. The average molecular weight is 323 g/mol. The second kappa shape index (κ2) is 5.01. The number of hydrogen-bond acceptors (Lipinski definition) is 4. The molecule has 0 bridgehead atoms. The zero-order chi connectivity index (χ0) is 16.1. The van der Waals surface area contributed by atoms with Crippen LogP contribution in [0.3, 0.4) is 0 Å². The molecule has 122 valence electrons. The molecular weight excluding hydrogens is 305 g/mol. The van der Waals surface area contributed by atoms with E-state index in [0.29, 0.717) is 0 Å². The van der Waals surface area contributed by atoms with E-state index >= 15 is 0 Å². The largest absolute Gasteiger partial charge is 0.346 e.